The van der Waals surface area contributed by atoms with Gasteiger partial charge in [-0.05, 0) is 19.9 Å². The summed E-state index contributed by atoms with van der Waals surface area (Å²) >= 11 is 0. The monoisotopic (exact) mass is 205 g/mol. The largest absolute Gasteiger partial charge is 0.358 e. The van der Waals surface area contributed by atoms with Crippen molar-refractivity contribution >= 4 is 10.9 Å². The molecule has 1 aromatic heterocycles. The Morgan fingerprint density at radius 1 is 1.33 bits per heavy atom. The SMILES string of the molecule is Cc1[nH]c2c(CF)cccc2c(=O)c1C. The van der Waals surface area contributed by atoms with E-state index in [0.717, 1.165) is 5.69 Å². The highest BCUT2D eigenvalue weighted by Gasteiger charge is 2.07. The maximum atomic E-state index is 12.7. The van der Waals surface area contributed by atoms with Crippen molar-refractivity contribution in [3.8, 4) is 0 Å². The van der Waals surface area contributed by atoms with Gasteiger partial charge in [0, 0.05) is 22.2 Å². The van der Waals surface area contributed by atoms with E-state index in [2.05, 4.69) is 4.98 Å². The highest BCUT2D eigenvalue weighted by atomic mass is 19.1. The molecule has 1 heterocycles. The number of benzene rings is 1. The van der Waals surface area contributed by atoms with E-state index in [4.69, 9.17) is 0 Å². The molecule has 2 nitrogen and oxygen atoms in total. The van der Waals surface area contributed by atoms with Crippen LogP contribution in [0.2, 0.25) is 0 Å². The molecule has 0 fully saturated rings. The third-order valence-corrected chi connectivity index (χ3v) is 2.75. The maximum absolute atomic E-state index is 12.7. The van der Waals surface area contributed by atoms with Crippen molar-refractivity contribution in [1.82, 2.24) is 4.98 Å². The number of para-hydroxylation sites is 1. The van der Waals surface area contributed by atoms with Crippen LogP contribution < -0.4 is 5.43 Å². The lowest BCUT2D eigenvalue weighted by Crippen LogP contribution is -2.10. The molecule has 0 saturated carbocycles. The molecule has 3 heteroatoms. The van der Waals surface area contributed by atoms with Crippen LogP contribution >= 0.6 is 0 Å². The Bertz CT molecular complexity index is 572. The Balaban J connectivity index is 2.98. The van der Waals surface area contributed by atoms with Crippen molar-refractivity contribution in [2.75, 3.05) is 0 Å². The molecule has 78 valence electrons. The van der Waals surface area contributed by atoms with Gasteiger partial charge in [-0.2, -0.15) is 0 Å². The van der Waals surface area contributed by atoms with E-state index in [1.54, 1.807) is 25.1 Å². The lowest BCUT2D eigenvalue weighted by molar-refractivity contribution is 0.487. The number of fused-ring (bicyclic) bond motifs is 1. The number of aromatic nitrogens is 1. The summed E-state index contributed by atoms with van der Waals surface area (Å²) in [5.74, 6) is 0. The quantitative estimate of drug-likeness (QED) is 0.762. The Morgan fingerprint density at radius 2 is 2.07 bits per heavy atom. The second-order valence-corrected chi connectivity index (χ2v) is 3.68. The molecule has 0 bridgehead atoms. The van der Waals surface area contributed by atoms with Crippen LogP contribution in [0.15, 0.2) is 23.0 Å². The fraction of sp³-hybridized carbons (Fsp3) is 0.250. The van der Waals surface area contributed by atoms with Gasteiger partial charge in [-0.3, -0.25) is 4.79 Å². The van der Waals surface area contributed by atoms with E-state index >= 15 is 0 Å². The normalized spacial score (nSPS) is 10.9. The first-order valence-corrected chi connectivity index (χ1v) is 4.82. The van der Waals surface area contributed by atoms with E-state index < -0.39 is 6.67 Å². The van der Waals surface area contributed by atoms with Gasteiger partial charge in [-0.1, -0.05) is 12.1 Å². The van der Waals surface area contributed by atoms with Crippen molar-refractivity contribution < 1.29 is 4.39 Å². The minimum Gasteiger partial charge on any atom is -0.358 e. The second-order valence-electron chi connectivity index (χ2n) is 3.68. The molecule has 0 spiro atoms. The lowest BCUT2D eigenvalue weighted by Gasteiger charge is -2.06. The van der Waals surface area contributed by atoms with Crippen molar-refractivity contribution in [2.45, 2.75) is 20.5 Å². The molecule has 1 N–H and O–H groups in total. The molecule has 0 radical (unpaired) electrons. The van der Waals surface area contributed by atoms with Crippen LogP contribution in [0.1, 0.15) is 16.8 Å². The molecule has 0 aliphatic heterocycles. The van der Waals surface area contributed by atoms with Gasteiger partial charge in [-0.15, -0.1) is 0 Å². The molecular formula is C12H12FNO. The van der Waals surface area contributed by atoms with Gasteiger partial charge in [0.2, 0.25) is 0 Å². The molecule has 0 aliphatic rings. The molecule has 15 heavy (non-hydrogen) atoms. The number of H-pyrrole nitrogens is 1. The summed E-state index contributed by atoms with van der Waals surface area (Å²) in [6.07, 6.45) is 0. The number of hydrogen-bond donors (Lipinski definition) is 1. The van der Waals surface area contributed by atoms with Gasteiger partial charge in [-0.25, -0.2) is 4.39 Å². The summed E-state index contributed by atoms with van der Waals surface area (Å²) in [5.41, 5.74) is 2.63. The number of aromatic amines is 1. The maximum Gasteiger partial charge on any atom is 0.192 e. The molecule has 0 aliphatic carbocycles. The summed E-state index contributed by atoms with van der Waals surface area (Å²) < 4.78 is 12.7. The Morgan fingerprint density at radius 3 is 2.73 bits per heavy atom. The van der Waals surface area contributed by atoms with Crippen molar-refractivity contribution in [3.05, 3.63) is 45.2 Å². The molecular weight excluding hydrogens is 193 g/mol. The Hall–Kier alpha value is -1.64. The van der Waals surface area contributed by atoms with Crippen LogP contribution in [-0.2, 0) is 6.67 Å². The Labute approximate surface area is 86.8 Å². The van der Waals surface area contributed by atoms with Crippen molar-refractivity contribution in [2.24, 2.45) is 0 Å². The zero-order chi connectivity index (χ0) is 11.0. The van der Waals surface area contributed by atoms with E-state index in [1.165, 1.54) is 0 Å². The number of halogens is 1. The number of rotatable bonds is 1. The van der Waals surface area contributed by atoms with Crippen LogP contribution in [0.4, 0.5) is 4.39 Å². The average Bonchev–Trinajstić information content (AvgIpc) is 2.25. The van der Waals surface area contributed by atoms with Gasteiger partial charge in [0.1, 0.15) is 6.67 Å². The van der Waals surface area contributed by atoms with Crippen LogP contribution in [0, 0.1) is 13.8 Å². The van der Waals surface area contributed by atoms with Crippen LogP contribution in [0.5, 0.6) is 0 Å². The topological polar surface area (TPSA) is 32.9 Å². The molecule has 0 unspecified atom stereocenters. The van der Waals surface area contributed by atoms with Gasteiger partial charge in [0.25, 0.3) is 0 Å². The zero-order valence-electron chi connectivity index (χ0n) is 8.73. The van der Waals surface area contributed by atoms with E-state index in [1.807, 2.05) is 6.92 Å². The summed E-state index contributed by atoms with van der Waals surface area (Å²) in [6.45, 7) is 3.04. The van der Waals surface area contributed by atoms with Crippen LogP contribution in [0.25, 0.3) is 10.9 Å². The van der Waals surface area contributed by atoms with Crippen LogP contribution in [-0.4, -0.2) is 4.98 Å². The second kappa shape index (κ2) is 3.50. The van der Waals surface area contributed by atoms with Crippen molar-refractivity contribution in [3.63, 3.8) is 0 Å². The number of hydrogen-bond acceptors (Lipinski definition) is 1. The molecule has 0 amide bonds. The highest BCUT2D eigenvalue weighted by molar-refractivity contribution is 5.82. The predicted molar refractivity (Wildman–Crippen MR) is 58.9 cm³/mol. The molecule has 2 aromatic rings. The summed E-state index contributed by atoms with van der Waals surface area (Å²) in [7, 11) is 0. The van der Waals surface area contributed by atoms with E-state index in [9.17, 15) is 9.18 Å². The smallest absolute Gasteiger partial charge is 0.192 e. The first-order chi connectivity index (χ1) is 7.15. The lowest BCUT2D eigenvalue weighted by atomic mass is 10.1. The number of aryl methyl sites for hydroxylation is 1. The Kier molecular flexibility index (Phi) is 2.31. The molecule has 2 rings (SSSR count). The summed E-state index contributed by atoms with van der Waals surface area (Å²) in [5, 5.41) is 0.563. The fourth-order valence-electron chi connectivity index (χ4n) is 1.70. The molecule has 1 aromatic carbocycles. The standard InChI is InChI=1S/C12H12FNO/c1-7-8(2)14-11-9(6-13)4-3-5-10(11)12(7)15/h3-5H,6H2,1-2H3,(H,14,15). The van der Waals surface area contributed by atoms with Gasteiger partial charge in [0.05, 0.1) is 5.52 Å². The minimum atomic E-state index is -0.560. The molecule has 0 atom stereocenters. The zero-order valence-corrected chi connectivity index (χ0v) is 8.73. The number of nitrogens with one attached hydrogen (secondary N) is 1. The van der Waals surface area contributed by atoms with Gasteiger partial charge in [0.15, 0.2) is 5.43 Å². The number of alkyl halides is 1. The molecule has 0 saturated heterocycles. The first-order valence-electron chi connectivity index (χ1n) is 4.82. The minimum absolute atomic E-state index is 0.0171. The van der Waals surface area contributed by atoms with E-state index in [-0.39, 0.29) is 5.43 Å². The number of pyridine rings is 1. The highest BCUT2D eigenvalue weighted by Crippen LogP contribution is 2.16. The first kappa shape index (κ1) is 9.90. The van der Waals surface area contributed by atoms with E-state index in [0.29, 0.717) is 22.0 Å². The van der Waals surface area contributed by atoms with Gasteiger partial charge >= 0.3 is 0 Å². The fourth-order valence-corrected chi connectivity index (χ4v) is 1.70. The van der Waals surface area contributed by atoms with Crippen LogP contribution in [0.3, 0.4) is 0 Å². The summed E-state index contributed by atoms with van der Waals surface area (Å²) in [4.78, 5) is 15.0. The predicted octanol–water partition coefficient (Wildman–Crippen LogP) is 2.61. The summed E-state index contributed by atoms with van der Waals surface area (Å²) in [6, 6.07) is 5.12. The third-order valence-electron chi connectivity index (χ3n) is 2.75. The third kappa shape index (κ3) is 1.44. The van der Waals surface area contributed by atoms with Crippen molar-refractivity contribution in [1.29, 1.82) is 0 Å². The van der Waals surface area contributed by atoms with Gasteiger partial charge < -0.3 is 4.98 Å². The average molecular weight is 205 g/mol.